The Morgan fingerprint density at radius 1 is 0.226 bits per heavy atom. The lowest BCUT2D eigenvalue weighted by atomic mass is 9.65. The van der Waals surface area contributed by atoms with Crippen LogP contribution in [-0.4, -0.2) is 0 Å². The zero-order valence-electron chi connectivity index (χ0n) is 29.2. The van der Waals surface area contributed by atoms with Crippen molar-refractivity contribution in [1.82, 2.24) is 0 Å². The molecule has 0 radical (unpaired) electrons. The molecule has 0 aliphatic carbocycles. The summed E-state index contributed by atoms with van der Waals surface area (Å²) >= 11 is 0. The van der Waals surface area contributed by atoms with Gasteiger partial charge in [0.2, 0.25) is 0 Å². The summed E-state index contributed by atoms with van der Waals surface area (Å²) in [5, 5.41) is 4.74. The van der Waals surface area contributed by atoms with Crippen molar-refractivity contribution in [2.75, 3.05) is 0 Å². The summed E-state index contributed by atoms with van der Waals surface area (Å²) in [5.74, 6) is 0. The molecule has 256 valence electrons. The van der Waals surface area contributed by atoms with Crippen LogP contribution in [-0.2, 0) is 14.5 Å². The Labute approximate surface area is 312 Å². The molecule has 0 aliphatic heterocycles. The van der Waals surface area contributed by atoms with Crippen molar-refractivity contribution < 1.29 is 9.13 Å². The highest BCUT2D eigenvalue weighted by molar-refractivity contribution is 7.85. The molecule has 0 bridgehead atoms. The first-order chi connectivity index (χ1) is 26.1. The molecule has 0 spiro atoms. The van der Waals surface area contributed by atoms with Crippen LogP contribution in [0.1, 0.15) is 22.3 Å². The van der Waals surface area contributed by atoms with Gasteiger partial charge in [0.05, 0.1) is 5.41 Å². The van der Waals surface area contributed by atoms with Crippen LogP contribution in [0.25, 0.3) is 0 Å². The van der Waals surface area contributed by atoms with Crippen LogP contribution in [0.3, 0.4) is 0 Å². The van der Waals surface area contributed by atoms with E-state index in [9.17, 15) is 0 Å². The van der Waals surface area contributed by atoms with E-state index in [1.807, 2.05) is 158 Å². The summed E-state index contributed by atoms with van der Waals surface area (Å²) in [7, 11) is -6.36. The third-order valence-corrected chi connectivity index (χ3v) is 16.4. The van der Waals surface area contributed by atoms with Gasteiger partial charge in [-0.15, -0.1) is 0 Å². The summed E-state index contributed by atoms with van der Waals surface area (Å²) in [6.07, 6.45) is 0. The number of benzene rings is 8. The average molecular weight is 721 g/mol. The lowest BCUT2D eigenvalue weighted by molar-refractivity contribution is 0.591. The van der Waals surface area contributed by atoms with Crippen molar-refractivity contribution in [1.29, 1.82) is 0 Å². The third-order valence-electron chi connectivity index (χ3n) is 10.2. The molecule has 0 N–H and O–H groups in total. The van der Waals surface area contributed by atoms with Crippen molar-refractivity contribution in [3.8, 4) is 0 Å². The molecule has 4 heteroatoms. The maximum Gasteiger partial charge on any atom is 0.171 e. The second-order valence-electron chi connectivity index (χ2n) is 13.1. The van der Waals surface area contributed by atoms with Crippen LogP contribution >= 0.6 is 14.3 Å². The Bertz CT molecular complexity index is 2240. The predicted octanol–water partition coefficient (Wildman–Crippen LogP) is 9.35. The minimum absolute atomic E-state index is 0.744. The van der Waals surface area contributed by atoms with Crippen LogP contribution < -0.4 is 31.8 Å². The standard InChI is InChI=1S/C49H38O2P2/c50-52(43-23-11-3-12-24-43,44-25-13-4-14-26-44)47-35-31-41(32-36-47)49(39-19-7-1-8-20-39,40-21-9-2-10-22-40)42-33-37-48(38-34-42)53(51,45-27-15-5-16-28-45)46-29-17-6-18-30-46/h1-38H. The molecule has 53 heavy (non-hydrogen) atoms. The molecule has 0 fully saturated rings. The van der Waals surface area contributed by atoms with Crippen molar-refractivity contribution in [2.45, 2.75) is 5.41 Å². The highest BCUT2D eigenvalue weighted by Gasteiger charge is 2.40. The summed E-state index contributed by atoms with van der Waals surface area (Å²) < 4.78 is 30.7. The number of rotatable bonds is 10. The minimum Gasteiger partial charge on any atom is -0.309 e. The Morgan fingerprint density at radius 3 is 0.660 bits per heavy atom. The molecule has 0 aromatic heterocycles. The first kappa shape index (κ1) is 34.3. The summed E-state index contributed by atoms with van der Waals surface area (Å²) in [6, 6.07) is 77.0. The van der Waals surface area contributed by atoms with E-state index in [0.29, 0.717) is 0 Å². The van der Waals surface area contributed by atoms with Gasteiger partial charge in [0.1, 0.15) is 0 Å². The fourth-order valence-electron chi connectivity index (χ4n) is 7.67. The summed E-state index contributed by atoms with van der Waals surface area (Å²) in [6.45, 7) is 0. The molecule has 0 amide bonds. The van der Waals surface area contributed by atoms with Gasteiger partial charge in [-0.3, -0.25) is 0 Å². The van der Waals surface area contributed by atoms with E-state index in [1.165, 1.54) is 0 Å². The van der Waals surface area contributed by atoms with Gasteiger partial charge in [-0.25, -0.2) is 0 Å². The Kier molecular flexibility index (Phi) is 9.51. The first-order valence-corrected chi connectivity index (χ1v) is 21.2. The van der Waals surface area contributed by atoms with Gasteiger partial charge >= 0.3 is 0 Å². The average Bonchev–Trinajstić information content (AvgIpc) is 3.26. The molecule has 8 aromatic rings. The Morgan fingerprint density at radius 2 is 0.415 bits per heavy atom. The van der Waals surface area contributed by atoms with Crippen molar-refractivity contribution in [3.63, 3.8) is 0 Å². The van der Waals surface area contributed by atoms with Crippen molar-refractivity contribution in [3.05, 3.63) is 253 Å². The van der Waals surface area contributed by atoms with E-state index in [2.05, 4.69) is 72.8 Å². The molecule has 8 aromatic carbocycles. The molecular formula is C49H38O2P2. The molecule has 0 saturated heterocycles. The molecule has 0 atom stereocenters. The van der Waals surface area contributed by atoms with Gasteiger partial charge < -0.3 is 9.13 Å². The number of hydrogen-bond donors (Lipinski definition) is 0. The maximum absolute atomic E-state index is 15.3. The monoisotopic (exact) mass is 720 g/mol. The van der Waals surface area contributed by atoms with Crippen molar-refractivity contribution in [2.24, 2.45) is 0 Å². The van der Waals surface area contributed by atoms with Gasteiger partial charge in [-0.2, -0.15) is 0 Å². The smallest absolute Gasteiger partial charge is 0.171 e. The summed E-state index contributed by atoms with van der Waals surface area (Å²) in [4.78, 5) is 0. The molecule has 8 rings (SSSR count). The molecule has 0 unspecified atom stereocenters. The Hall–Kier alpha value is -5.78. The predicted molar refractivity (Wildman–Crippen MR) is 224 cm³/mol. The van der Waals surface area contributed by atoms with Crippen LogP contribution in [0, 0.1) is 0 Å². The van der Waals surface area contributed by atoms with E-state index in [0.717, 1.165) is 54.1 Å². The zero-order chi connectivity index (χ0) is 36.1. The zero-order valence-corrected chi connectivity index (χ0v) is 30.9. The fraction of sp³-hybridized carbons (Fsp3) is 0.0204. The van der Waals surface area contributed by atoms with Crippen LogP contribution in [0.4, 0.5) is 0 Å². The maximum atomic E-state index is 15.3. The van der Waals surface area contributed by atoms with E-state index in [4.69, 9.17) is 0 Å². The van der Waals surface area contributed by atoms with Gasteiger partial charge in [0.25, 0.3) is 0 Å². The van der Waals surface area contributed by atoms with Gasteiger partial charge in [0, 0.05) is 31.8 Å². The number of hydrogen-bond acceptors (Lipinski definition) is 2. The molecule has 0 aliphatic rings. The second-order valence-corrected chi connectivity index (χ2v) is 18.7. The first-order valence-electron chi connectivity index (χ1n) is 17.8. The van der Waals surface area contributed by atoms with Gasteiger partial charge in [-0.05, 0) is 22.3 Å². The highest BCUT2D eigenvalue weighted by atomic mass is 31.2. The van der Waals surface area contributed by atoms with Crippen LogP contribution in [0.5, 0.6) is 0 Å². The van der Waals surface area contributed by atoms with E-state index in [1.54, 1.807) is 0 Å². The van der Waals surface area contributed by atoms with E-state index in [-0.39, 0.29) is 0 Å². The van der Waals surface area contributed by atoms with Crippen molar-refractivity contribution >= 4 is 46.1 Å². The highest BCUT2D eigenvalue weighted by Crippen LogP contribution is 2.48. The van der Waals surface area contributed by atoms with Gasteiger partial charge in [-0.1, -0.05) is 231 Å². The molecule has 0 saturated carbocycles. The molecule has 0 heterocycles. The van der Waals surface area contributed by atoms with Crippen LogP contribution in [0.15, 0.2) is 231 Å². The quantitative estimate of drug-likeness (QED) is 0.104. The van der Waals surface area contributed by atoms with E-state index >= 15 is 9.13 Å². The summed E-state index contributed by atoms with van der Waals surface area (Å²) in [5.41, 5.74) is 3.51. The Balaban J connectivity index is 1.34. The molecule has 2 nitrogen and oxygen atoms in total. The SMILES string of the molecule is O=P(c1ccccc1)(c1ccccc1)c1ccc(C(c2ccccc2)(c2ccccc2)c2ccc(P(=O)(c3ccccc3)c3ccccc3)cc2)cc1. The van der Waals surface area contributed by atoms with Gasteiger partial charge in [0.15, 0.2) is 14.3 Å². The fourth-order valence-corrected chi connectivity index (χ4v) is 13.0. The normalized spacial score (nSPS) is 11.9. The largest absolute Gasteiger partial charge is 0.309 e. The minimum atomic E-state index is -3.18. The lowest BCUT2D eigenvalue weighted by Gasteiger charge is -2.37. The lowest BCUT2D eigenvalue weighted by Crippen LogP contribution is -2.32. The second kappa shape index (κ2) is 14.7. The van der Waals surface area contributed by atoms with Crippen LogP contribution in [0.2, 0.25) is 0 Å². The van der Waals surface area contributed by atoms with E-state index < -0.39 is 19.7 Å². The third kappa shape index (κ3) is 6.05. The molecular weight excluding hydrogens is 682 g/mol. The topological polar surface area (TPSA) is 34.1 Å².